The van der Waals surface area contributed by atoms with E-state index < -0.39 is 0 Å². The highest BCUT2D eigenvalue weighted by molar-refractivity contribution is 7.11. The molecule has 0 atom stereocenters. The molecule has 0 aliphatic heterocycles. The highest BCUT2D eigenvalue weighted by atomic mass is 32.1. The van der Waals surface area contributed by atoms with Crippen molar-refractivity contribution >= 4 is 33.1 Å². The molecule has 0 spiro atoms. The fourth-order valence-corrected chi connectivity index (χ4v) is 2.59. The Morgan fingerprint density at radius 3 is 2.67 bits per heavy atom. The van der Waals surface area contributed by atoms with E-state index >= 15 is 0 Å². The summed E-state index contributed by atoms with van der Waals surface area (Å²) in [6, 6.07) is 16.1. The first-order valence-corrected chi connectivity index (χ1v) is 6.53. The van der Waals surface area contributed by atoms with Gasteiger partial charge < -0.3 is 11.1 Å². The zero-order valence-electron chi connectivity index (χ0n) is 9.76. The molecule has 0 saturated carbocycles. The Bertz CT molecular complexity index is 658. The Labute approximate surface area is 109 Å². The fraction of sp³-hybridized carbons (Fsp3) is 0.0714. The van der Waals surface area contributed by atoms with Gasteiger partial charge in [0.1, 0.15) is 5.00 Å². The van der Waals surface area contributed by atoms with Crippen LogP contribution in [-0.4, -0.2) is 4.37 Å². The number of hydrogen-bond acceptors (Lipinski definition) is 4. The van der Waals surface area contributed by atoms with Crippen molar-refractivity contribution in [3.63, 3.8) is 0 Å². The van der Waals surface area contributed by atoms with Gasteiger partial charge in [0, 0.05) is 17.6 Å². The number of nitrogens with two attached hydrogens (primary N) is 1. The molecular weight excluding hydrogens is 242 g/mol. The van der Waals surface area contributed by atoms with Gasteiger partial charge in [0.05, 0.1) is 5.52 Å². The minimum absolute atomic E-state index is 0.784. The Morgan fingerprint density at radius 2 is 1.83 bits per heavy atom. The second kappa shape index (κ2) is 4.66. The summed E-state index contributed by atoms with van der Waals surface area (Å²) in [5.74, 6) is 0. The first-order valence-electron chi connectivity index (χ1n) is 5.75. The van der Waals surface area contributed by atoms with Crippen molar-refractivity contribution in [2.75, 3.05) is 11.1 Å². The molecule has 3 N–H and O–H groups in total. The predicted molar refractivity (Wildman–Crippen MR) is 77.8 cm³/mol. The van der Waals surface area contributed by atoms with E-state index in [4.69, 9.17) is 5.73 Å². The van der Waals surface area contributed by atoms with Crippen molar-refractivity contribution in [3.05, 3.63) is 54.1 Å². The second-order valence-corrected chi connectivity index (χ2v) is 4.90. The van der Waals surface area contributed by atoms with E-state index in [2.05, 4.69) is 15.8 Å². The van der Waals surface area contributed by atoms with Gasteiger partial charge >= 0.3 is 0 Å². The van der Waals surface area contributed by atoms with Gasteiger partial charge in [-0.2, -0.15) is 4.37 Å². The summed E-state index contributed by atoms with van der Waals surface area (Å²) in [7, 11) is 0. The minimum Gasteiger partial charge on any atom is -0.399 e. The number of rotatable bonds is 3. The fourth-order valence-electron chi connectivity index (χ4n) is 1.83. The average Bonchev–Trinajstić information content (AvgIpc) is 2.82. The van der Waals surface area contributed by atoms with E-state index in [1.807, 2.05) is 42.5 Å². The van der Waals surface area contributed by atoms with E-state index in [0.717, 1.165) is 22.7 Å². The summed E-state index contributed by atoms with van der Waals surface area (Å²) in [4.78, 5) is 0. The molecule has 2 aromatic carbocycles. The van der Waals surface area contributed by atoms with Gasteiger partial charge in [-0.25, -0.2) is 0 Å². The Balaban J connectivity index is 1.79. The van der Waals surface area contributed by atoms with Gasteiger partial charge in [0.15, 0.2) is 0 Å². The quantitative estimate of drug-likeness (QED) is 0.704. The Kier molecular flexibility index (Phi) is 2.86. The maximum Gasteiger partial charge on any atom is 0.117 e. The molecule has 0 fully saturated rings. The first kappa shape index (κ1) is 11.0. The third-order valence-corrected chi connectivity index (χ3v) is 3.65. The number of aromatic nitrogens is 1. The van der Waals surface area contributed by atoms with Crippen molar-refractivity contribution in [2.45, 2.75) is 6.54 Å². The van der Waals surface area contributed by atoms with Crippen LogP contribution in [0.2, 0.25) is 0 Å². The molecule has 0 saturated heterocycles. The molecule has 0 aliphatic carbocycles. The van der Waals surface area contributed by atoms with Crippen LogP contribution in [0.3, 0.4) is 0 Å². The Hall–Kier alpha value is -2.07. The molecule has 0 unspecified atom stereocenters. The van der Waals surface area contributed by atoms with Gasteiger partial charge in [-0.1, -0.05) is 24.3 Å². The first-order chi connectivity index (χ1) is 8.83. The lowest BCUT2D eigenvalue weighted by Crippen LogP contribution is -1.98. The molecule has 3 rings (SSSR count). The number of nitrogens with zero attached hydrogens (tertiary/aromatic N) is 1. The highest BCUT2D eigenvalue weighted by Gasteiger charge is 2.04. The van der Waals surface area contributed by atoms with Gasteiger partial charge in [-0.15, -0.1) is 0 Å². The van der Waals surface area contributed by atoms with Crippen LogP contribution >= 0.6 is 11.5 Å². The van der Waals surface area contributed by atoms with E-state index in [-0.39, 0.29) is 0 Å². The molecule has 4 heteroatoms. The van der Waals surface area contributed by atoms with E-state index in [1.54, 1.807) is 0 Å². The highest BCUT2D eigenvalue weighted by Crippen LogP contribution is 2.27. The van der Waals surface area contributed by atoms with Gasteiger partial charge in [-0.3, -0.25) is 0 Å². The molecule has 90 valence electrons. The largest absolute Gasteiger partial charge is 0.399 e. The van der Waals surface area contributed by atoms with Crippen molar-refractivity contribution < 1.29 is 0 Å². The lowest BCUT2D eigenvalue weighted by Gasteiger charge is -2.04. The zero-order valence-corrected chi connectivity index (χ0v) is 10.6. The number of benzene rings is 2. The van der Waals surface area contributed by atoms with Crippen LogP contribution in [-0.2, 0) is 6.54 Å². The van der Waals surface area contributed by atoms with Crippen molar-refractivity contribution in [3.8, 4) is 0 Å². The minimum atomic E-state index is 0.784. The van der Waals surface area contributed by atoms with Gasteiger partial charge in [-0.05, 0) is 41.4 Å². The normalized spacial score (nSPS) is 10.7. The average molecular weight is 255 g/mol. The smallest absolute Gasteiger partial charge is 0.117 e. The molecule has 18 heavy (non-hydrogen) atoms. The zero-order chi connectivity index (χ0) is 12.4. The maximum atomic E-state index is 5.66. The summed E-state index contributed by atoms with van der Waals surface area (Å²) in [6.07, 6.45) is 0. The summed E-state index contributed by atoms with van der Waals surface area (Å²) in [5, 5.41) is 5.71. The van der Waals surface area contributed by atoms with Crippen LogP contribution in [0.4, 0.5) is 10.7 Å². The molecule has 0 radical (unpaired) electrons. The number of hydrogen-bond donors (Lipinski definition) is 2. The predicted octanol–water partition coefficient (Wildman–Crippen LogP) is 3.49. The van der Waals surface area contributed by atoms with Crippen molar-refractivity contribution in [1.82, 2.24) is 4.37 Å². The molecule has 1 heterocycles. The monoisotopic (exact) mass is 255 g/mol. The van der Waals surface area contributed by atoms with E-state index in [0.29, 0.717) is 0 Å². The molecular formula is C14H13N3S. The Morgan fingerprint density at radius 1 is 1.06 bits per heavy atom. The van der Waals surface area contributed by atoms with Crippen LogP contribution < -0.4 is 11.1 Å². The number of anilines is 2. The molecule has 0 amide bonds. The third kappa shape index (κ3) is 2.15. The second-order valence-electron chi connectivity index (χ2n) is 4.12. The molecule has 3 aromatic rings. The molecule has 0 aliphatic rings. The summed E-state index contributed by atoms with van der Waals surface area (Å²) >= 11 is 1.50. The lowest BCUT2D eigenvalue weighted by molar-refractivity contribution is 1.17. The van der Waals surface area contributed by atoms with Crippen LogP contribution in [0.1, 0.15) is 5.56 Å². The van der Waals surface area contributed by atoms with Gasteiger partial charge in [0.2, 0.25) is 0 Å². The van der Waals surface area contributed by atoms with E-state index in [9.17, 15) is 0 Å². The van der Waals surface area contributed by atoms with Crippen LogP contribution in [0, 0.1) is 0 Å². The molecule has 3 nitrogen and oxygen atoms in total. The molecule has 0 bridgehead atoms. The lowest BCUT2D eigenvalue weighted by atomic mass is 10.2. The van der Waals surface area contributed by atoms with Crippen molar-refractivity contribution in [1.29, 1.82) is 0 Å². The number of nitrogens with one attached hydrogen (secondary N) is 1. The van der Waals surface area contributed by atoms with E-state index in [1.165, 1.54) is 22.5 Å². The number of nitrogen functional groups attached to an aromatic ring is 1. The third-order valence-electron chi connectivity index (χ3n) is 2.82. The van der Waals surface area contributed by atoms with Crippen LogP contribution in [0.15, 0.2) is 48.5 Å². The van der Waals surface area contributed by atoms with Crippen LogP contribution in [0.25, 0.3) is 10.9 Å². The summed E-state index contributed by atoms with van der Waals surface area (Å²) in [6.45, 7) is 0.784. The summed E-state index contributed by atoms with van der Waals surface area (Å²) < 4.78 is 4.40. The van der Waals surface area contributed by atoms with Crippen molar-refractivity contribution in [2.24, 2.45) is 0 Å². The molecule has 1 aromatic heterocycles. The standard InChI is InChI=1S/C14H13N3S/c15-11-7-5-10(6-8-11)9-16-14-12-3-1-2-4-13(12)17-18-14/h1-8,16H,9,15H2. The van der Waals surface area contributed by atoms with Crippen LogP contribution in [0.5, 0.6) is 0 Å². The number of fused-ring (bicyclic) bond motifs is 1. The maximum absolute atomic E-state index is 5.66. The summed E-state index contributed by atoms with van der Waals surface area (Å²) in [5.41, 5.74) is 8.71. The SMILES string of the molecule is Nc1ccc(CNc2snc3ccccc23)cc1. The van der Waals surface area contributed by atoms with Gasteiger partial charge in [0.25, 0.3) is 0 Å². The topological polar surface area (TPSA) is 50.9 Å².